The van der Waals surface area contributed by atoms with E-state index in [1.165, 1.54) is 43.9 Å². The van der Waals surface area contributed by atoms with Crippen molar-refractivity contribution >= 4 is 17.6 Å². The fourth-order valence-electron chi connectivity index (χ4n) is 2.16. The average Bonchev–Trinajstić information content (AvgIpc) is 2.57. The quantitative estimate of drug-likeness (QED) is 0.365. The first-order chi connectivity index (χ1) is 11.6. The summed E-state index contributed by atoms with van der Waals surface area (Å²) in [4.78, 5) is 23.1. The largest absolute Gasteiger partial charge is 0.463 e. The Kier molecular flexibility index (Phi) is 10.2. The predicted octanol–water partition coefficient (Wildman–Crippen LogP) is 4.61. The molecule has 0 saturated heterocycles. The molecule has 0 aliphatic rings. The molecule has 1 aromatic carbocycles. The Morgan fingerprint density at radius 2 is 1.71 bits per heavy atom. The molecule has 0 radical (unpaired) electrons. The summed E-state index contributed by atoms with van der Waals surface area (Å²) in [6.45, 7) is 2.54. The van der Waals surface area contributed by atoms with E-state index in [2.05, 4.69) is 12.2 Å². The summed E-state index contributed by atoms with van der Waals surface area (Å²) in [5, 5.41) is 2.36. The van der Waals surface area contributed by atoms with Crippen molar-refractivity contribution in [2.75, 3.05) is 11.9 Å². The molecule has 0 unspecified atom stereocenters. The molecule has 0 fully saturated rings. The first-order valence-corrected chi connectivity index (χ1v) is 8.54. The molecule has 0 atom stereocenters. The summed E-state index contributed by atoms with van der Waals surface area (Å²) >= 11 is 0. The van der Waals surface area contributed by atoms with Gasteiger partial charge in [0.05, 0.1) is 12.3 Å². The number of anilines is 1. The van der Waals surface area contributed by atoms with E-state index in [0.717, 1.165) is 31.4 Å². The number of carbonyl (C=O) groups is 2. The lowest BCUT2D eigenvalue weighted by Gasteiger charge is -2.03. The number of halogens is 1. The minimum atomic E-state index is -0.576. The van der Waals surface area contributed by atoms with Gasteiger partial charge in [0.15, 0.2) is 0 Å². The van der Waals surface area contributed by atoms with Gasteiger partial charge in [-0.25, -0.2) is 9.18 Å². The topological polar surface area (TPSA) is 55.4 Å². The van der Waals surface area contributed by atoms with Crippen molar-refractivity contribution in [1.29, 1.82) is 0 Å². The molecule has 0 bridgehead atoms. The van der Waals surface area contributed by atoms with Crippen LogP contribution in [-0.4, -0.2) is 18.5 Å². The highest BCUT2D eigenvalue weighted by Gasteiger charge is 2.04. The van der Waals surface area contributed by atoms with Crippen LogP contribution in [0.5, 0.6) is 0 Å². The van der Waals surface area contributed by atoms with E-state index in [1.54, 1.807) is 6.07 Å². The maximum Gasteiger partial charge on any atom is 0.330 e. The average molecular weight is 335 g/mol. The van der Waals surface area contributed by atoms with Gasteiger partial charge in [-0.1, -0.05) is 57.6 Å². The second kappa shape index (κ2) is 12.3. The van der Waals surface area contributed by atoms with E-state index in [9.17, 15) is 14.0 Å². The van der Waals surface area contributed by atoms with Gasteiger partial charge in [-0.3, -0.25) is 4.79 Å². The molecule has 132 valence electrons. The molecule has 0 aliphatic heterocycles. The van der Waals surface area contributed by atoms with Crippen LogP contribution in [-0.2, 0) is 14.3 Å². The lowest BCUT2D eigenvalue weighted by atomic mass is 10.1. The molecule has 24 heavy (non-hydrogen) atoms. The number of hydrogen-bond donors (Lipinski definition) is 1. The van der Waals surface area contributed by atoms with Gasteiger partial charge in [-0.15, -0.1) is 0 Å². The van der Waals surface area contributed by atoms with Gasteiger partial charge in [0, 0.05) is 12.2 Å². The normalized spacial score (nSPS) is 10.8. The van der Waals surface area contributed by atoms with Crippen LogP contribution in [0.3, 0.4) is 0 Å². The van der Waals surface area contributed by atoms with E-state index in [-0.39, 0.29) is 5.69 Å². The molecule has 0 heterocycles. The number of benzene rings is 1. The summed E-state index contributed by atoms with van der Waals surface area (Å²) in [7, 11) is 0. The first-order valence-electron chi connectivity index (χ1n) is 8.54. The number of amides is 1. The molecule has 1 amide bonds. The fourth-order valence-corrected chi connectivity index (χ4v) is 2.16. The van der Waals surface area contributed by atoms with Crippen LogP contribution in [0.15, 0.2) is 36.4 Å². The third-order valence-electron chi connectivity index (χ3n) is 3.49. The van der Waals surface area contributed by atoms with Crippen LogP contribution in [0, 0.1) is 5.82 Å². The zero-order valence-corrected chi connectivity index (χ0v) is 14.2. The SMILES string of the molecule is CCCCCCCCCOC(=O)/C=C/C(=O)Nc1ccccc1F. The monoisotopic (exact) mass is 335 g/mol. The molecular weight excluding hydrogens is 309 g/mol. The van der Waals surface area contributed by atoms with Gasteiger partial charge < -0.3 is 10.1 Å². The first kappa shape index (κ1) is 19.9. The molecule has 4 nitrogen and oxygen atoms in total. The minimum absolute atomic E-state index is 0.0728. The molecule has 0 aliphatic carbocycles. The molecular formula is C19H26FNO3. The number of unbranched alkanes of at least 4 members (excludes halogenated alkanes) is 6. The lowest BCUT2D eigenvalue weighted by Crippen LogP contribution is -2.10. The fraction of sp³-hybridized carbons (Fsp3) is 0.474. The Bertz CT molecular complexity index is 543. The van der Waals surface area contributed by atoms with Crippen molar-refractivity contribution in [2.45, 2.75) is 51.9 Å². The van der Waals surface area contributed by atoms with Gasteiger partial charge in [0.2, 0.25) is 5.91 Å². The number of hydrogen-bond acceptors (Lipinski definition) is 3. The summed E-state index contributed by atoms with van der Waals surface area (Å²) in [6.07, 6.45) is 10.1. The molecule has 5 heteroatoms. The van der Waals surface area contributed by atoms with E-state index >= 15 is 0 Å². The van der Waals surface area contributed by atoms with Crippen molar-refractivity contribution in [3.63, 3.8) is 0 Å². The minimum Gasteiger partial charge on any atom is -0.463 e. The van der Waals surface area contributed by atoms with Crippen molar-refractivity contribution in [3.8, 4) is 0 Å². The van der Waals surface area contributed by atoms with E-state index in [4.69, 9.17) is 4.74 Å². The predicted molar refractivity (Wildman–Crippen MR) is 93.1 cm³/mol. The summed E-state index contributed by atoms with van der Waals surface area (Å²) < 4.78 is 18.4. The Morgan fingerprint density at radius 1 is 1.04 bits per heavy atom. The second-order valence-electron chi connectivity index (χ2n) is 5.59. The van der Waals surface area contributed by atoms with Crippen molar-refractivity contribution in [1.82, 2.24) is 0 Å². The van der Waals surface area contributed by atoms with Gasteiger partial charge in [-0.2, -0.15) is 0 Å². The highest BCUT2D eigenvalue weighted by molar-refractivity contribution is 6.02. The van der Waals surface area contributed by atoms with Gasteiger partial charge in [-0.05, 0) is 18.6 Å². The van der Waals surface area contributed by atoms with Crippen molar-refractivity contribution in [3.05, 3.63) is 42.2 Å². The smallest absolute Gasteiger partial charge is 0.330 e. The molecule has 0 aromatic heterocycles. The Balaban J connectivity index is 2.14. The molecule has 1 N–H and O–H groups in total. The maximum absolute atomic E-state index is 13.4. The Hall–Kier alpha value is -2.17. The zero-order chi connectivity index (χ0) is 17.6. The molecule has 1 rings (SSSR count). The summed E-state index contributed by atoms with van der Waals surface area (Å²) in [6, 6.07) is 5.83. The summed E-state index contributed by atoms with van der Waals surface area (Å²) in [5.41, 5.74) is 0.0728. The molecule has 0 saturated carbocycles. The number of nitrogens with one attached hydrogen (secondary N) is 1. The van der Waals surface area contributed by atoms with Crippen molar-refractivity contribution < 1.29 is 18.7 Å². The van der Waals surface area contributed by atoms with Crippen LogP contribution in [0.25, 0.3) is 0 Å². The van der Waals surface area contributed by atoms with Gasteiger partial charge >= 0.3 is 5.97 Å². The van der Waals surface area contributed by atoms with Crippen LogP contribution >= 0.6 is 0 Å². The lowest BCUT2D eigenvalue weighted by molar-refractivity contribution is -0.138. The zero-order valence-electron chi connectivity index (χ0n) is 14.2. The maximum atomic E-state index is 13.4. The van der Waals surface area contributed by atoms with Crippen LogP contribution in [0.4, 0.5) is 10.1 Å². The van der Waals surface area contributed by atoms with Crippen LogP contribution in [0.1, 0.15) is 51.9 Å². The van der Waals surface area contributed by atoms with Crippen LogP contribution in [0.2, 0.25) is 0 Å². The standard InChI is InChI=1S/C19H26FNO3/c1-2-3-4-5-6-7-10-15-24-19(23)14-13-18(22)21-17-12-9-8-11-16(17)20/h8-9,11-14H,2-7,10,15H2,1H3,(H,21,22)/b14-13+. The Morgan fingerprint density at radius 3 is 2.42 bits per heavy atom. The molecule has 1 aromatic rings. The van der Waals surface area contributed by atoms with E-state index in [1.807, 2.05) is 0 Å². The van der Waals surface area contributed by atoms with E-state index < -0.39 is 17.7 Å². The highest BCUT2D eigenvalue weighted by Crippen LogP contribution is 2.12. The third kappa shape index (κ3) is 9.08. The van der Waals surface area contributed by atoms with Gasteiger partial charge in [0.1, 0.15) is 5.82 Å². The van der Waals surface area contributed by atoms with Gasteiger partial charge in [0.25, 0.3) is 0 Å². The number of esters is 1. The summed E-state index contributed by atoms with van der Waals surface area (Å²) in [5.74, 6) is -1.67. The number of para-hydroxylation sites is 1. The van der Waals surface area contributed by atoms with E-state index in [0.29, 0.717) is 6.61 Å². The number of carbonyl (C=O) groups excluding carboxylic acids is 2. The second-order valence-corrected chi connectivity index (χ2v) is 5.59. The highest BCUT2D eigenvalue weighted by atomic mass is 19.1. The Labute approximate surface area is 143 Å². The van der Waals surface area contributed by atoms with Crippen molar-refractivity contribution in [2.24, 2.45) is 0 Å². The molecule has 0 spiro atoms. The number of ether oxygens (including phenoxy) is 1. The van der Waals surface area contributed by atoms with Crippen LogP contribution < -0.4 is 5.32 Å². The third-order valence-corrected chi connectivity index (χ3v) is 3.49. The number of rotatable bonds is 11.